The highest BCUT2D eigenvalue weighted by Crippen LogP contribution is 2.53. The number of fused-ring (bicyclic) bond motifs is 5. The standard InChI is InChI=1S/C27H22N2O4/c1-15-9-10-18(14-16(15)2)29-26(31)21-22(27(29)32)24(25(30)20-8-5-13-33-20)28-12-11-17-6-3-4-7-19(17)23(21)28/h3-14,21-24H,1-2H3/t21-,22-,23-,24+/m1/s1. The number of anilines is 1. The van der Waals surface area contributed by atoms with Gasteiger partial charge in [0, 0.05) is 6.20 Å². The summed E-state index contributed by atoms with van der Waals surface area (Å²) in [6.45, 7) is 3.94. The second-order valence-electron chi connectivity index (χ2n) is 8.96. The molecule has 0 unspecified atom stereocenters. The molecule has 0 spiro atoms. The number of benzene rings is 2. The molecule has 0 radical (unpaired) electrons. The first-order valence-corrected chi connectivity index (χ1v) is 11.0. The molecule has 4 heterocycles. The number of rotatable bonds is 3. The Labute approximate surface area is 191 Å². The van der Waals surface area contributed by atoms with Crippen LogP contribution in [0.5, 0.6) is 0 Å². The first-order valence-electron chi connectivity index (χ1n) is 11.0. The number of carbonyl (C=O) groups excluding carboxylic acids is 3. The minimum atomic E-state index is -0.816. The van der Waals surface area contributed by atoms with E-state index in [4.69, 9.17) is 4.42 Å². The fourth-order valence-electron chi connectivity index (χ4n) is 5.54. The van der Waals surface area contributed by atoms with E-state index in [0.29, 0.717) is 5.69 Å². The molecule has 3 aromatic rings. The van der Waals surface area contributed by atoms with Gasteiger partial charge >= 0.3 is 0 Å². The van der Waals surface area contributed by atoms with Gasteiger partial charge in [0.2, 0.25) is 17.6 Å². The zero-order chi connectivity index (χ0) is 22.9. The van der Waals surface area contributed by atoms with Gasteiger partial charge in [-0.2, -0.15) is 0 Å². The minimum absolute atomic E-state index is 0.191. The van der Waals surface area contributed by atoms with Gasteiger partial charge < -0.3 is 9.32 Å². The summed E-state index contributed by atoms with van der Waals surface area (Å²) in [5, 5.41) is 0. The Morgan fingerprint density at radius 3 is 2.45 bits per heavy atom. The zero-order valence-corrected chi connectivity index (χ0v) is 18.3. The fourth-order valence-corrected chi connectivity index (χ4v) is 5.54. The molecule has 2 aromatic carbocycles. The lowest BCUT2D eigenvalue weighted by molar-refractivity contribution is -0.123. The van der Waals surface area contributed by atoms with Crippen molar-refractivity contribution in [1.29, 1.82) is 0 Å². The van der Waals surface area contributed by atoms with Crippen molar-refractivity contribution in [2.45, 2.75) is 25.9 Å². The Morgan fingerprint density at radius 1 is 0.909 bits per heavy atom. The molecule has 6 nitrogen and oxygen atoms in total. The monoisotopic (exact) mass is 438 g/mol. The van der Waals surface area contributed by atoms with Crippen molar-refractivity contribution in [3.05, 3.63) is 95.1 Å². The van der Waals surface area contributed by atoms with Crippen molar-refractivity contribution in [3.8, 4) is 0 Å². The molecular weight excluding hydrogens is 416 g/mol. The quantitative estimate of drug-likeness (QED) is 0.451. The maximum Gasteiger partial charge on any atom is 0.240 e. The van der Waals surface area contributed by atoms with Gasteiger partial charge in [-0.05, 0) is 66.4 Å². The molecule has 4 atom stereocenters. The van der Waals surface area contributed by atoms with Crippen molar-refractivity contribution < 1.29 is 18.8 Å². The van der Waals surface area contributed by atoms with Crippen LogP contribution in [0.2, 0.25) is 0 Å². The Balaban J connectivity index is 1.51. The lowest BCUT2D eigenvalue weighted by Crippen LogP contribution is -2.44. The lowest BCUT2D eigenvalue weighted by Gasteiger charge is -2.35. The van der Waals surface area contributed by atoms with Crippen LogP contribution in [0.15, 0.2) is 71.5 Å². The van der Waals surface area contributed by atoms with Gasteiger partial charge in [-0.3, -0.25) is 14.4 Å². The molecule has 2 amide bonds. The molecule has 33 heavy (non-hydrogen) atoms. The van der Waals surface area contributed by atoms with Crippen LogP contribution < -0.4 is 4.90 Å². The number of Topliss-reactive ketones (excluding diaryl/α,β-unsaturated/α-hetero) is 1. The molecule has 164 valence electrons. The molecule has 0 saturated carbocycles. The molecule has 6 rings (SSSR count). The molecule has 2 fully saturated rings. The van der Waals surface area contributed by atoms with Gasteiger partial charge in [0.25, 0.3) is 0 Å². The number of hydrogen-bond donors (Lipinski definition) is 0. The number of furan rings is 1. The van der Waals surface area contributed by atoms with Crippen LogP contribution >= 0.6 is 0 Å². The van der Waals surface area contributed by atoms with E-state index in [1.54, 1.807) is 18.2 Å². The third kappa shape index (κ3) is 2.70. The van der Waals surface area contributed by atoms with Crippen molar-refractivity contribution in [3.63, 3.8) is 0 Å². The Hall–Kier alpha value is -3.93. The fraction of sp³-hybridized carbons (Fsp3) is 0.222. The van der Waals surface area contributed by atoms with Crippen LogP contribution in [0.1, 0.15) is 38.9 Å². The highest BCUT2D eigenvalue weighted by molar-refractivity contribution is 6.24. The summed E-state index contributed by atoms with van der Waals surface area (Å²) in [5.41, 5.74) is 4.58. The van der Waals surface area contributed by atoms with Gasteiger partial charge in [0.05, 0.1) is 29.8 Å². The number of imide groups is 1. The van der Waals surface area contributed by atoms with Gasteiger partial charge in [-0.1, -0.05) is 30.3 Å². The van der Waals surface area contributed by atoms with E-state index < -0.39 is 23.9 Å². The molecule has 1 aromatic heterocycles. The topological polar surface area (TPSA) is 70.8 Å². The Kier molecular flexibility index (Phi) is 4.21. The number of hydrogen-bond acceptors (Lipinski definition) is 5. The summed E-state index contributed by atoms with van der Waals surface area (Å²) in [4.78, 5) is 44.4. The predicted octanol–water partition coefficient (Wildman–Crippen LogP) is 4.29. The number of ketones is 1. The minimum Gasteiger partial charge on any atom is -0.461 e. The van der Waals surface area contributed by atoms with Crippen LogP contribution in [-0.2, 0) is 9.59 Å². The smallest absolute Gasteiger partial charge is 0.240 e. The summed E-state index contributed by atoms with van der Waals surface area (Å²) in [6.07, 6.45) is 5.23. The maximum atomic E-state index is 13.8. The highest BCUT2D eigenvalue weighted by Gasteiger charge is 2.64. The molecule has 3 aliphatic heterocycles. The van der Waals surface area contributed by atoms with Crippen LogP contribution in [-0.4, -0.2) is 28.5 Å². The van der Waals surface area contributed by atoms with Crippen molar-refractivity contribution in [1.82, 2.24) is 4.90 Å². The van der Waals surface area contributed by atoms with E-state index in [1.807, 2.05) is 67.4 Å². The number of carbonyl (C=O) groups is 3. The first kappa shape index (κ1) is 19.7. The van der Waals surface area contributed by atoms with Crippen molar-refractivity contribution in [2.75, 3.05) is 4.90 Å². The molecule has 0 N–H and O–H groups in total. The SMILES string of the molecule is Cc1ccc(N2C(=O)[C@@H]3[C@@H](C2=O)[C@H]2c4ccccc4C=CN2[C@@H]3C(=O)c2ccco2)cc1C. The number of aryl methyl sites for hydroxylation is 2. The largest absolute Gasteiger partial charge is 0.461 e. The summed E-state index contributed by atoms with van der Waals surface area (Å²) in [5.74, 6) is -2.14. The average Bonchev–Trinajstić information content (AvgIpc) is 3.52. The second kappa shape index (κ2) is 7.04. The molecule has 0 aliphatic carbocycles. The molecule has 6 heteroatoms. The van der Waals surface area contributed by atoms with E-state index in [-0.39, 0.29) is 23.4 Å². The van der Waals surface area contributed by atoms with E-state index in [0.717, 1.165) is 22.3 Å². The van der Waals surface area contributed by atoms with Gasteiger partial charge in [0.15, 0.2) is 5.76 Å². The third-order valence-electron chi connectivity index (χ3n) is 7.24. The zero-order valence-electron chi connectivity index (χ0n) is 18.3. The van der Waals surface area contributed by atoms with Crippen LogP contribution in [0.4, 0.5) is 5.69 Å². The van der Waals surface area contributed by atoms with Crippen molar-refractivity contribution in [2.24, 2.45) is 11.8 Å². The molecule has 3 aliphatic rings. The maximum absolute atomic E-state index is 13.8. The molecule has 2 saturated heterocycles. The van der Waals surface area contributed by atoms with Crippen LogP contribution in [0.3, 0.4) is 0 Å². The Bertz CT molecular complexity index is 1340. The number of nitrogens with zero attached hydrogens (tertiary/aromatic N) is 2. The number of amides is 2. The van der Waals surface area contributed by atoms with Gasteiger partial charge in [-0.25, -0.2) is 4.90 Å². The Morgan fingerprint density at radius 2 is 1.70 bits per heavy atom. The summed E-state index contributed by atoms with van der Waals surface area (Å²) in [6, 6.07) is 15.5. The van der Waals surface area contributed by atoms with Crippen LogP contribution in [0.25, 0.3) is 6.08 Å². The van der Waals surface area contributed by atoms with E-state index in [9.17, 15) is 14.4 Å². The first-order chi connectivity index (χ1) is 16.0. The van der Waals surface area contributed by atoms with Gasteiger partial charge in [0.1, 0.15) is 6.04 Å². The van der Waals surface area contributed by atoms with Crippen molar-refractivity contribution >= 4 is 29.4 Å². The summed E-state index contributed by atoms with van der Waals surface area (Å²) >= 11 is 0. The second-order valence-corrected chi connectivity index (χ2v) is 8.96. The molecule has 0 bridgehead atoms. The average molecular weight is 438 g/mol. The van der Waals surface area contributed by atoms with Crippen LogP contribution in [0, 0.1) is 25.7 Å². The molecular formula is C27H22N2O4. The van der Waals surface area contributed by atoms with E-state index in [1.165, 1.54) is 11.2 Å². The lowest BCUT2D eigenvalue weighted by atomic mass is 9.84. The third-order valence-corrected chi connectivity index (χ3v) is 7.24. The highest BCUT2D eigenvalue weighted by atomic mass is 16.3. The van der Waals surface area contributed by atoms with E-state index >= 15 is 0 Å². The summed E-state index contributed by atoms with van der Waals surface area (Å²) < 4.78 is 5.40. The normalized spacial score (nSPS) is 25.3. The predicted molar refractivity (Wildman–Crippen MR) is 122 cm³/mol. The summed E-state index contributed by atoms with van der Waals surface area (Å²) in [7, 11) is 0. The van der Waals surface area contributed by atoms with E-state index in [2.05, 4.69) is 0 Å². The van der Waals surface area contributed by atoms with Gasteiger partial charge in [-0.15, -0.1) is 0 Å².